The van der Waals surface area contributed by atoms with Gasteiger partial charge in [0.2, 0.25) is 0 Å². The molecule has 0 spiro atoms. The molecule has 1 aromatic heterocycles. The van der Waals surface area contributed by atoms with Crippen molar-refractivity contribution in [2.45, 2.75) is 12.5 Å². The minimum Gasteiger partial charge on any atom is -0.396 e. The summed E-state index contributed by atoms with van der Waals surface area (Å²) in [7, 11) is 1.57. The zero-order chi connectivity index (χ0) is 14.5. The van der Waals surface area contributed by atoms with Crippen LogP contribution in [0.15, 0.2) is 28.9 Å². The van der Waals surface area contributed by atoms with Crippen molar-refractivity contribution in [3.05, 3.63) is 28.9 Å². The van der Waals surface area contributed by atoms with Crippen LogP contribution in [0.1, 0.15) is 6.42 Å². The molecule has 1 unspecified atom stereocenters. The maximum atomic E-state index is 9.64. The number of pyridine rings is 1. The van der Waals surface area contributed by atoms with E-state index in [9.17, 15) is 5.11 Å². The molecule has 0 saturated carbocycles. The zero-order valence-corrected chi connectivity index (χ0v) is 12.9. The quantitative estimate of drug-likeness (QED) is 0.752. The third-order valence-corrected chi connectivity index (χ3v) is 3.49. The Morgan fingerprint density at radius 1 is 1.50 bits per heavy atom. The molecular formula is C14H18BrN3O2. The highest BCUT2D eigenvalue weighted by Crippen LogP contribution is 2.29. The molecule has 0 aliphatic rings. The Labute approximate surface area is 126 Å². The van der Waals surface area contributed by atoms with Crippen LogP contribution in [0.4, 0.5) is 11.4 Å². The van der Waals surface area contributed by atoms with Crippen LogP contribution in [0.25, 0.3) is 10.9 Å². The Bertz CT molecular complexity index is 587. The van der Waals surface area contributed by atoms with Gasteiger partial charge in [-0.3, -0.25) is 4.98 Å². The second-order valence-electron chi connectivity index (χ2n) is 4.57. The molecule has 20 heavy (non-hydrogen) atoms. The van der Waals surface area contributed by atoms with Crippen molar-refractivity contribution >= 4 is 38.2 Å². The highest BCUT2D eigenvalue weighted by molar-refractivity contribution is 9.10. The molecule has 0 amide bonds. The van der Waals surface area contributed by atoms with Crippen LogP contribution in [0.5, 0.6) is 0 Å². The van der Waals surface area contributed by atoms with Crippen LogP contribution < -0.4 is 11.1 Å². The standard InChI is InChI=1S/C14H18BrN3O2/c1-20-8-10(19)4-5-17-14-11-6-9(15)2-3-13(11)18-7-12(14)16/h2-3,6-7,10,19H,4-5,8,16H2,1H3,(H,17,18). The molecule has 0 bridgehead atoms. The summed E-state index contributed by atoms with van der Waals surface area (Å²) in [4.78, 5) is 4.30. The molecule has 0 radical (unpaired) electrons. The predicted octanol–water partition coefficient (Wildman–Crippen LogP) is 2.39. The molecule has 5 nitrogen and oxygen atoms in total. The molecule has 0 aliphatic heterocycles. The van der Waals surface area contributed by atoms with Crippen LogP contribution in [0.2, 0.25) is 0 Å². The van der Waals surface area contributed by atoms with E-state index in [1.54, 1.807) is 13.3 Å². The van der Waals surface area contributed by atoms with Crippen LogP contribution in [-0.2, 0) is 4.74 Å². The van der Waals surface area contributed by atoms with Gasteiger partial charge >= 0.3 is 0 Å². The van der Waals surface area contributed by atoms with E-state index in [1.807, 2.05) is 18.2 Å². The van der Waals surface area contributed by atoms with Gasteiger partial charge in [0.15, 0.2) is 0 Å². The van der Waals surface area contributed by atoms with Crippen molar-refractivity contribution < 1.29 is 9.84 Å². The fraction of sp³-hybridized carbons (Fsp3) is 0.357. The highest BCUT2D eigenvalue weighted by atomic mass is 79.9. The Morgan fingerprint density at radius 3 is 3.05 bits per heavy atom. The van der Waals surface area contributed by atoms with Crippen molar-refractivity contribution in [2.24, 2.45) is 0 Å². The number of nitrogen functional groups attached to an aromatic ring is 1. The van der Waals surface area contributed by atoms with Crippen molar-refractivity contribution in [2.75, 3.05) is 31.3 Å². The van der Waals surface area contributed by atoms with Crippen molar-refractivity contribution in [1.29, 1.82) is 0 Å². The first-order chi connectivity index (χ1) is 9.61. The number of nitrogens with one attached hydrogen (secondary N) is 1. The molecule has 2 rings (SSSR count). The maximum Gasteiger partial charge on any atom is 0.0790 e. The number of benzene rings is 1. The molecule has 4 N–H and O–H groups in total. The van der Waals surface area contributed by atoms with E-state index in [-0.39, 0.29) is 0 Å². The third-order valence-electron chi connectivity index (χ3n) is 3.00. The second-order valence-corrected chi connectivity index (χ2v) is 5.49. The lowest BCUT2D eigenvalue weighted by atomic mass is 10.1. The van der Waals surface area contributed by atoms with Crippen molar-refractivity contribution in [3.8, 4) is 0 Å². The summed E-state index contributed by atoms with van der Waals surface area (Å²) in [5.41, 5.74) is 8.30. The third kappa shape index (κ3) is 3.59. The summed E-state index contributed by atoms with van der Waals surface area (Å²) in [5.74, 6) is 0. The van der Waals surface area contributed by atoms with E-state index in [0.29, 0.717) is 25.3 Å². The number of nitrogens with zero attached hydrogens (tertiary/aromatic N) is 1. The number of rotatable bonds is 6. The van der Waals surface area contributed by atoms with Crippen LogP contribution >= 0.6 is 15.9 Å². The molecule has 1 atom stereocenters. The average molecular weight is 340 g/mol. The number of fused-ring (bicyclic) bond motifs is 1. The lowest BCUT2D eigenvalue weighted by Crippen LogP contribution is -2.18. The number of hydrogen-bond donors (Lipinski definition) is 3. The Balaban J connectivity index is 2.16. The lowest BCUT2D eigenvalue weighted by molar-refractivity contribution is 0.0615. The minimum absolute atomic E-state index is 0.333. The average Bonchev–Trinajstić information content (AvgIpc) is 2.41. The monoisotopic (exact) mass is 339 g/mol. The van der Waals surface area contributed by atoms with Crippen molar-refractivity contribution in [3.63, 3.8) is 0 Å². The Hall–Kier alpha value is -1.37. The lowest BCUT2D eigenvalue weighted by Gasteiger charge is -2.14. The van der Waals surface area contributed by atoms with Crippen molar-refractivity contribution in [1.82, 2.24) is 4.98 Å². The van der Waals surface area contributed by atoms with E-state index < -0.39 is 6.10 Å². The summed E-state index contributed by atoms with van der Waals surface area (Å²) in [6, 6.07) is 5.86. The Morgan fingerprint density at radius 2 is 2.30 bits per heavy atom. The van der Waals surface area contributed by atoms with Crippen LogP contribution in [-0.4, -0.2) is 36.5 Å². The SMILES string of the molecule is COCC(O)CCNc1c(N)cnc2ccc(Br)cc12. The number of ether oxygens (including phenoxy) is 1. The first-order valence-corrected chi connectivity index (χ1v) is 7.15. The number of methoxy groups -OCH3 is 1. The van der Waals surface area contributed by atoms with E-state index in [4.69, 9.17) is 10.5 Å². The van der Waals surface area contributed by atoms with E-state index in [0.717, 1.165) is 21.1 Å². The molecule has 1 heterocycles. The van der Waals surface area contributed by atoms with Gasteiger partial charge in [-0.25, -0.2) is 0 Å². The van der Waals surface area contributed by atoms with Gasteiger partial charge in [-0.2, -0.15) is 0 Å². The number of hydrogen-bond acceptors (Lipinski definition) is 5. The van der Waals surface area contributed by atoms with Gasteiger partial charge in [0.05, 0.1) is 35.8 Å². The van der Waals surface area contributed by atoms with Gasteiger partial charge in [0, 0.05) is 23.5 Å². The number of nitrogens with two attached hydrogens (primary N) is 1. The minimum atomic E-state index is -0.478. The molecule has 6 heteroatoms. The predicted molar refractivity (Wildman–Crippen MR) is 84.8 cm³/mol. The van der Waals surface area contributed by atoms with E-state index >= 15 is 0 Å². The van der Waals surface area contributed by atoms with Gasteiger partial charge < -0.3 is 20.9 Å². The topological polar surface area (TPSA) is 80.4 Å². The van der Waals surface area contributed by atoms with Gasteiger partial charge in [-0.15, -0.1) is 0 Å². The molecule has 0 fully saturated rings. The first kappa shape index (κ1) is 15.0. The number of aliphatic hydroxyl groups excluding tert-OH is 1. The largest absolute Gasteiger partial charge is 0.396 e. The van der Waals surface area contributed by atoms with Gasteiger partial charge in [0.25, 0.3) is 0 Å². The first-order valence-electron chi connectivity index (χ1n) is 6.36. The number of aromatic nitrogens is 1. The van der Waals surface area contributed by atoms with E-state index in [2.05, 4.69) is 26.2 Å². The molecule has 0 saturated heterocycles. The molecular weight excluding hydrogens is 322 g/mol. The fourth-order valence-electron chi connectivity index (χ4n) is 2.02. The maximum absolute atomic E-state index is 9.64. The van der Waals surface area contributed by atoms with Gasteiger partial charge in [0.1, 0.15) is 0 Å². The fourth-order valence-corrected chi connectivity index (χ4v) is 2.38. The summed E-state index contributed by atoms with van der Waals surface area (Å²) < 4.78 is 5.87. The highest BCUT2D eigenvalue weighted by Gasteiger charge is 2.08. The normalized spacial score (nSPS) is 12.6. The second kappa shape index (κ2) is 6.88. The molecule has 1 aromatic carbocycles. The summed E-state index contributed by atoms with van der Waals surface area (Å²) in [5, 5.41) is 13.9. The molecule has 0 aliphatic carbocycles. The number of halogens is 1. The zero-order valence-electron chi connectivity index (χ0n) is 11.3. The Kier molecular flexibility index (Phi) is 5.17. The number of aliphatic hydroxyl groups is 1. The van der Waals surface area contributed by atoms with Crippen LogP contribution in [0.3, 0.4) is 0 Å². The van der Waals surface area contributed by atoms with Gasteiger partial charge in [-0.05, 0) is 24.6 Å². The summed E-state index contributed by atoms with van der Waals surface area (Å²) in [6.45, 7) is 0.945. The molecule has 2 aromatic rings. The smallest absolute Gasteiger partial charge is 0.0790 e. The summed E-state index contributed by atoms with van der Waals surface area (Å²) in [6.07, 6.45) is 1.75. The number of anilines is 2. The van der Waals surface area contributed by atoms with E-state index in [1.165, 1.54) is 0 Å². The van der Waals surface area contributed by atoms with Gasteiger partial charge in [-0.1, -0.05) is 15.9 Å². The van der Waals surface area contributed by atoms with Crippen LogP contribution in [0, 0.1) is 0 Å². The summed E-state index contributed by atoms with van der Waals surface area (Å²) >= 11 is 3.45. The molecule has 108 valence electrons.